The SMILES string of the molecule is CC1(C)[C@@H]2Cc3c(O)cccc3[C@]1(C)CCN2C(=O)C1CC(=O)N(Cc2ccccc2)C1. The molecule has 5 nitrogen and oxygen atoms in total. The van der Waals surface area contributed by atoms with Gasteiger partial charge in [0, 0.05) is 37.5 Å². The molecule has 3 aliphatic rings. The third-order valence-electron chi connectivity index (χ3n) is 8.69. The van der Waals surface area contributed by atoms with Crippen LogP contribution >= 0.6 is 0 Å². The third kappa shape index (κ3) is 3.05. The maximum atomic E-state index is 13.7. The Morgan fingerprint density at radius 2 is 1.81 bits per heavy atom. The smallest absolute Gasteiger partial charge is 0.228 e. The standard InChI is InChI=1S/C27H32N2O3/c1-26(2)23-15-20-21(10-7-11-22(20)30)27(26,3)12-13-29(23)25(32)19-14-24(31)28(17-19)16-18-8-5-4-6-9-18/h4-11,19,23,30H,12-17H2,1-3H3/t19?,23-,27-/m0/s1. The number of likely N-dealkylation sites (tertiary alicyclic amines) is 2. The minimum atomic E-state index is -0.294. The van der Waals surface area contributed by atoms with Crippen molar-refractivity contribution >= 4 is 11.8 Å². The van der Waals surface area contributed by atoms with Crippen molar-refractivity contribution in [2.45, 2.75) is 58.0 Å². The zero-order valence-electron chi connectivity index (χ0n) is 19.2. The second kappa shape index (κ2) is 7.36. The Labute approximate surface area is 190 Å². The number of carbonyl (C=O) groups excluding carboxylic acids is 2. The topological polar surface area (TPSA) is 60.9 Å². The van der Waals surface area contributed by atoms with E-state index < -0.39 is 0 Å². The van der Waals surface area contributed by atoms with E-state index >= 15 is 0 Å². The molecule has 2 saturated heterocycles. The first kappa shape index (κ1) is 21.0. The summed E-state index contributed by atoms with van der Waals surface area (Å²) < 4.78 is 0. The summed E-state index contributed by atoms with van der Waals surface area (Å²) in [5.41, 5.74) is 3.05. The summed E-state index contributed by atoms with van der Waals surface area (Å²) in [6, 6.07) is 15.8. The van der Waals surface area contributed by atoms with Crippen LogP contribution in [0.25, 0.3) is 0 Å². The summed E-state index contributed by atoms with van der Waals surface area (Å²) in [5.74, 6) is 0.179. The molecule has 2 aromatic rings. The maximum Gasteiger partial charge on any atom is 0.228 e. The van der Waals surface area contributed by atoms with Gasteiger partial charge in [-0.2, -0.15) is 0 Å². The van der Waals surface area contributed by atoms with E-state index in [-0.39, 0.29) is 41.0 Å². The predicted octanol–water partition coefficient (Wildman–Crippen LogP) is 3.88. The lowest BCUT2D eigenvalue weighted by atomic mass is 9.51. The van der Waals surface area contributed by atoms with Gasteiger partial charge in [0.2, 0.25) is 11.8 Å². The number of hydrogen-bond donors (Lipinski definition) is 1. The highest BCUT2D eigenvalue weighted by molar-refractivity contribution is 5.89. The molecular weight excluding hydrogens is 400 g/mol. The van der Waals surface area contributed by atoms with Crippen molar-refractivity contribution in [2.75, 3.05) is 13.1 Å². The van der Waals surface area contributed by atoms with E-state index in [1.165, 1.54) is 5.56 Å². The third-order valence-corrected chi connectivity index (χ3v) is 8.69. The van der Waals surface area contributed by atoms with Gasteiger partial charge >= 0.3 is 0 Å². The lowest BCUT2D eigenvalue weighted by molar-refractivity contribution is -0.148. The van der Waals surface area contributed by atoms with Gasteiger partial charge in [-0.05, 0) is 41.0 Å². The van der Waals surface area contributed by atoms with Crippen molar-refractivity contribution in [2.24, 2.45) is 11.3 Å². The summed E-state index contributed by atoms with van der Waals surface area (Å²) in [6.07, 6.45) is 1.80. The first-order chi connectivity index (χ1) is 15.2. The van der Waals surface area contributed by atoms with Crippen molar-refractivity contribution in [1.29, 1.82) is 0 Å². The number of phenols is 1. The number of hydrogen-bond acceptors (Lipinski definition) is 3. The molecule has 168 valence electrons. The van der Waals surface area contributed by atoms with E-state index in [4.69, 9.17) is 0 Å². The van der Waals surface area contributed by atoms with Crippen LogP contribution in [-0.4, -0.2) is 45.9 Å². The molecule has 2 aliphatic heterocycles. The molecule has 0 saturated carbocycles. The fourth-order valence-electron chi connectivity index (χ4n) is 6.32. The van der Waals surface area contributed by atoms with Crippen LogP contribution < -0.4 is 0 Å². The lowest BCUT2D eigenvalue weighted by Crippen LogP contribution is -2.65. The quantitative estimate of drug-likeness (QED) is 0.801. The van der Waals surface area contributed by atoms with Crippen LogP contribution in [0, 0.1) is 11.3 Å². The fraction of sp³-hybridized carbons (Fsp3) is 0.481. The second-order valence-electron chi connectivity index (χ2n) is 10.5. The monoisotopic (exact) mass is 432 g/mol. The molecular formula is C27H32N2O3. The molecule has 2 bridgehead atoms. The molecule has 0 radical (unpaired) electrons. The molecule has 2 aromatic carbocycles. The average molecular weight is 433 g/mol. The molecule has 2 amide bonds. The molecule has 1 N–H and O–H groups in total. The van der Waals surface area contributed by atoms with Crippen molar-refractivity contribution in [3.05, 3.63) is 65.2 Å². The van der Waals surface area contributed by atoms with Crippen molar-refractivity contribution < 1.29 is 14.7 Å². The zero-order valence-corrected chi connectivity index (χ0v) is 19.2. The Bertz CT molecular complexity index is 1060. The van der Waals surface area contributed by atoms with Gasteiger partial charge in [0.05, 0.1) is 5.92 Å². The Morgan fingerprint density at radius 1 is 1.06 bits per heavy atom. The second-order valence-corrected chi connectivity index (χ2v) is 10.5. The summed E-state index contributed by atoms with van der Waals surface area (Å²) >= 11 is 0. The van der Waals surface area contributed by atoms with Gasteiger partial charge in [-0.3, -0.25) is 9.59 Å². The molecule has 32 heavy (non-hydrogen) atoms. The molecule has 2 fully saturated rings. The van der Waals surface area contributed by atoms with Gasteiger partial charge in [-0.15, -0.1) is 0 Å². The minimum absolute atomic E-state index is 0.00725. The van der Waals surface area contributed by atoms with E-state index in [0.29, 0.717) is 31.8 Å². The molecule has 5 rings (SSSR count). The molecule has 1 unspecified atom stereocenters. The van der Waals surface area contributed by atoms with Gasteiger partial charge < -0.3 is 14.9 Å². The Hall–Kier alpha value is -2.82. The number of nitrogens with zero attached hydrogens (tertiary/aromatic N) is 2. The number of rotatable bonds is 3. The van der Waals surface area contributed by atoms with Crippen molar-refractivity contribution in [1.82, 2.24) is 9.80 Å². The first-order valence-corrected chi connectivity index (χ1v) is 11.7. The summed E-state index contributed by atoms with van der Waals surface area (Å²) in [5, 5.41) is 10.6. The number of carbonyl (C=O) groups is 2. The van der Waals surface area contributed by atoms with E-state index in [9.17, 15) is 14.7 Å². The molecule has 0 spiro atoms. The van der Waals surface area contributed by atoms with E-state index in [1.54, 1.807) is 6.07 Å². The number of phenolic OH excluding ortho intramolecular Hbond substituents is 1. The van der Waals surface area contributed by atoms with Crippen LogP contribution in [0.15, 0.2) is 48.5 Å². The maximum absolute atomic E-state index is 13.7. The molecule has 3 atom stereocenters. The zero-order chi connectivity index (χ0) is 22.7. The molecule has 5 heteroatoms. The fourth-order valence-corrected chi connectivity index (χ4v) is 6.32. The highest BCUT2D eigenvalue weighted by Crippen LogP contribution is 2.57. The Balaban J connectivity index is 1.39. The number of fused-ring (bicyclic) bond motifs is 4. The van der Waals surface area contributed by atoms with Crippen LogP contribution in [0.2, 0.25) is 0 Å². The highest BCUT2D eigenvalue weighted by atomic mass is 16.3. The van der Waals surface area contributed by atoms with E-state index in [0.717, 1.165) is 17.5 Å². The Kier molecular flexibility index (Phi) is 4.84. The van der Waals surface area contributed by atoms with Crippen molar-refractivity contribution in [3.8, 4) is 5.75 Å². The van der Waals surface area contributed by atoms with Gasteiger partial charge in [0.1, 0.15) is 5.75 Å². The lowest BCUT2D eigenvalue weighted by Gasteiger charge is -2.61. The summed E-state index contributed by atoms with van der Waals surface area (Å²) in [4.78, 5) is 30.3. The van der Waals surface area contributed by atoms with Crippen LogP contribution in [-0.2, 0) is 28.0 Å². The number of benzene rings is 2. The van der Waals surface area contributed by atoms with Crippen LogP contribution in [0.3, 0.4) is 0 Å². The van der Waals surface area contributed by atoms with Gasteiger partial charge in [-0.25, -0.2) is 0 Å². The van der Waals surface area contributed by atoms with Gasteiger partial charge in [0.25, 0.3) is 0 Å². The number of piperidine rings is 1. The summed E-state index contributed by atoms with van der Waals surface area (Å²) in [6.45, 7) is 8.52. The molecule has 1 aliphatic carbocycles. The Morgan fingerprint density at radius 3 is 2.56 bits per heavy atom. The van der Waals surface area contributed by atoms with Crippen LogP contribution in [0.4, 0.5) is 0 Å². The predicted molar refractivity (Wildman–Crippen MR) is 123 cm³/mol. The van der Waals surface area contributed by atoms with Crippen LogP contribution in [0.5, 0.6) is 5.75 Å². The molecule has 2 heterocycles. The molecule has 0 aromatic heterocycles. The first-order valence-electron chi connectivity index (χ1n) is 11.7. The van der Waals surface area contributed by atoms with E-state index in [1.807, 2.05) is 46.2 Å². The number of amides is 2. The van der Waals surface area contributed by atoms with Gasteiger partial charge in [0.15, 0.2) is 0 Å². The number of aromatic hydroxyl groups is 1. The van der Waals surface area contributed by atoms with Gasteiger partial charge in [-0.1, -0.05) is 63.2 Å². The van der Waals surface area contributed by atoms with E-state index in [2.05, 4.69) is 26.8 Å². The largest absolute Gasteiger partial charge is 0.508 e. The van der Waals surface area contributed by atoms with Crippen molar-refractivity contribution in [3.63, 3.8) is 0 Å². The average Bonchev–Trinajstić information content (AvgIpc) is 3.12. The minimum Gasteiger partial charge on any atom is -0.508 e. The summed E-state index contributed by atoms with van der Waals surface area (Å²) in [7, 11) is 0. The normalized spacial score (nSPS) is 28.5. The highest BCUT2D eigenvalue weighted by Gasteiger charge is 2.58. The van der Waals surface area contributed by atoms with Crippen LogP contribution in [0.1, 0.15) is 50.3 Å².